The largest absolute Gasteiger partial charge is 0.394 e. The average Bonchev–Trinajstić information content (AvgIpc) is 1.00. The first kappa shape index (κ1) is 88.7. The molecule has 1 saturated heterocycles. The van der Waals surface area contributed by atoms with Gasteiger partial charge in [-0.05, 0) is 44.9 Å². The van der Waals surface area contributed by atoms with E-state index in [1.807, 2.05) is 0 Å². The van der Waals surface area contributed by atoms with Crippen molar-refractivity contribution in [3.63, 3.8) is 0 Å². The van der Waals surface area contributed by atoms with E-state index >= 15 is 0 Å². The minimum atomic E-state index is -1.55. The Hall–Kier alpha value is -1.33. The lowest BCUT2D eigenvalue weighted by Gasteiger charge is -2.40. The summed E-state index contributed by atoms with van der Waals surface area (Å²) in [6, 6.07) is -0.718. The maximum atomic E-state index is 13.2. The van der Waals surface area contributed by atoms with Crippen molar-refractivity contribution in [1.29, 1.82) is 0 Å². The van der Waals surface area contributed by atoms with Crippen LogP contribution in [0.5, 0.6) is 0 Å². The summed E-state index contributed by atoms with van der Waals surface area (Å²) in [5, 5.41) is 55.1. The summed E-state index contributed by atoms with van der Waals surface area (Å²) in [6.07, 6.45) is 90.2. The normalized spacial score (nSPS) is 17.7. The molecule has 9 heteroatoms. The lowest BCUT2D eigenvalue weighted by molar-refractivity contribution is -0.302. The highest BCUT2D eigenvalue weighted by atomic mass is 16.7. The van der Waals surface area contributed by atoms with Gasteiger partial charge in [0.15, 0.2) is 6.29 Å². The Bertz CT molecular complexity index is 1510. The molecule has 0 aromatic heterocycles. The van der Waals surface area contributed by atoms with Gasteiger partial charge < -0.3 is 40.3 Å². The van der Waals surface area contributed by atoms with Gasteiger partial charge in [0, 0.05) is 6.42 Å². The van der Waals surface area contributed by atoms with Crippen molar-refractivity contribution in [3.05, 3.63) is 24.3 Å². The predicted octanol–water partition coefficient (Wildman–Crippen LogP) is 23.9. The lowest BCUT2D eigenvalue weighted by Crippen LogP contribution is -2.60. The van der Waals surface area contributed by atoms with Crippen molar-refractivity contribution in [3.8, 4) is 0 Å². The van der Waals surface area contributed by atoms with Crippen LogP contribution in [0.2, 0.25) is 0 Å². The van der Waals surface area contributed by atoms with Crippen LogP contribution < -0.4 is 5.32 Å². The monoisotopic (exact) mass is 1300 g/mol. The highest BCUT2D eigenvalue weighted by molar-refractivity contribution is 5.76. The highest BCUT2D eigenvalue weighted by Crippen LogP contribution is 2.25. The summed E-state index contributed by atoms with van der Waals surface area (Å²) < 4.78 is 11.4. The Kier molecular flexibility index (Phi) is 69.8. The number of hydrogen-bond acceptors (Lipinski definition) is 8. The van der Waals surface area contributed by atoms with Crippen molar-refractivity contribution in [2.24, 2.45) is 0 Å². The number of allylic oxidation sites excluding steroid dienone is 4. The van der Waals surface area contributed by atoms with Crippen LogP contribution in [0.3, 0.4) is 0 Å². The molecule has 0 aromatic carbocycles. The van der Waals surface area contributed by atoms with Crippen LogP contribution in [0, 0.1) is 0 Å². The van der Waals surface area contributed by atoms with Gasteiger partial charge in [0.2, 0.25) is 5.91 Å². The summed E-state index contributed by atoms with van der Waals surface area (Å²) in [5.41, 5.74) is 0. The number of unbranched alkanes of at least 4 members (excludes halogenated alkanes) is 61. The van der Waals surface area contributed by atoms with Crippen LogP contribution in [0.1, 0.15) is 444 Å². The highest BCUT2D eigenvalue weighted by Gasteiger charge is 2.44. The van der Waals surface area contributed by atoms with E-state index < -0.39 is 49.5 Å². The molecule has 7 unspecified atom stereocenters. The quantitative estimate of drug-likeness (QED) is 0.0261. The SMILES string of the molecule is CCCCCCC/C=C\C/C=C\CCCCCCCCCCCCCCCCCCCCCCCCCCCC(=O)NC(COC1OC(CO)C(O)C(O)C1O)C(O)CCCCCCCCCCCCCCCCCCCCCCCCCCCCCCCCCC. The number of carbonyl (C=O) groups is 1. The molecule has 1 rings (SSSR count). The standard InChI is InChI=1S/C83H161NO8/c1-3-5-7-9-11-13-15-17-19-21-23-25-27-29-31-33-35-37-38-39-40-41-43-45-47-49-51-53-55-57-59-61-63-65-67-69-71-73-79(87)84-76(75-91-83-82(90)81(89)80(88)78(74-85)92-83)77(86)72-70-68-66-64-62-60-58-56-54-52-50-48-46-44-42-36-34-32-30-28-26-24-22-20-18-16-14-12-10-8-6-4-2/h15,17,21,23,76-78,80-83,85-86,88-90H,3-14,16,18-20,22,24-75H2,1-2H3,(H,84,87)/b17-15-,23-21-. The van der Waals surface area contributed by atoms with E-state index in [4.69, 9.17) is 9.47 Å². The Morgan fingerprint density at radius 2 is 0.641 bits per heavy atom. The Morgan fingerprint density at radius 3 is 0.935 bits per heavy atom. The Labute approximate surface area is 572 Å². The molecule has 7 atom stereocenters. The van der Waals surface area contributed by atoms with E-state index in [-0.39, 0.29) is 12.5 Å². The van der Waals surface area contributed by atoms with E-state index in [0.717, 1.165) is 44.9 Å². The van der Waals surface area contributed by atoms with Gasteiger partial charge in [-0.15, -0.1) is 0 Å². The van der Waals surface area contributed by atoms with E-state index in [1.54, 1.807) is 0 Å². The number of carbonyl (C=O) groups excluding carboxylic acids is 1. The van der Waals surface area contributed by atoms with Gasteiger partial charge >= 0.3 is 0 Å². The fourth-order valence-electron chi connectivity index (χ4n) is 13.8. The maximum absolute atomic E-state index is 13.2. The Balaban J connectivity index is 2.03. The van der Waals surface area contributed by atoms with Gasteiger partial charge in [-0.2, -0.15) is 0 Å². The van der Waals surface area contributed by atoms with Crippen LogP contribution in [0.25, 0.3) is 0 Å². The second kappa shape index (κ2) is 72.4. The molecule has 0 spiro atoms. The molecule has 1 amide bonds. The van der Waals surface area contributed by atoms with Crippen molar-refractivity contribution in [2.75, 3.05) is 13.2 Å². The predicted molar refractivity (Wildman–Crippen MR) is 397 cm³/mol. The van der Waals surface area contributed by atoms with Crippen molar-refractivity contribution < 1.29 is 39.8 Å². The lowest BCUT2D eigenvalue weighted by atomic mass is 9.99. The zero-order valence-corrected chi connectivity index (χ0v) is 61.6. The summed E-state index contributed by atoms with van der Waals surface area (Å²) in [4.78, 5) is 13.2. The molecule has 0 aliphatic carbocycles. The molecule has 0 saturated carbocycles. The molecule has 9 nitrogen and oxygen atoms in total. The number of rotatable bonds is 75. The van der Waals surface area contributed by atoms with E-state index in [0.29, 0.717) is 12.8 Å². The minimum absolute atomic E-state index is 0.132. The van der Waals surface area contributed by atoms with E-state index in [1.165, 1.54) is 372 Å². The zero-order chi connectivity index (χ0) is 66.4. The molecule has 1 aliphatic heterocycles. The van der Waals surface area contributed by atoms with Gasteiger partial charge in [0.25, 0.3) is 0 Å². The molecule has 92 heavy (non-hydrogen) atoms. The topological polar surface area (TPSA) is 149 Å². The molecular weight excluding hydrogens is 1140 g/mol. The van der Waals surface area contributed by atoms with Crippen LogP contribution in [0.4, 0.5) is 0 Å². The molecule has 1 heterocycles. The molecule has 0 bridgehead atoms. The molecule has 1 aliphatic rings. The second-order valence-corrected chi connectivity index (χ2v) is 29.3. The molecule has 1 fully saturated rings. The van der Waals surface area contributed by atoms with Crippen molar-refractivity contribution in [1.82, 2.24) is 5.32 Å². The molecule has 546 valence electrons. The Morgan fingerprint density at radius 1 is 0.370 bits per heavy atom. The third-order valence-electron chi connectivity index (χ3n) is 20.3. The number of aliphatic hydroxyl groups excluding tert-OH is 5. The number of nitrogens with one attached hydrogen (secondary N) is 1. The van der Waals surface area contributed by atoms with Crippen LogP contribution >= 0.6 is 0 Å². The van der Waals surface area contributed by atoms with Gasteiger partial charge in [-0.25, -0.2) is 0 Å². The van der Waals surface area contributed by atoms with E-state index in [2.05, 4.69) is 43.5 Å². The number of ether oxygens (including phenoxy) is 2. The van der Waals surface area contributed by atoms with Crippen molar-refractivity contribution >= 4 is 5.91 Å². The minimum Gasteiger partial charge on any atom is -0.394 e. The van der Waals surface area contributed by atoms with Crippen molar-refractivity contribution in [2.45, 2.75) is 487 Å². The fourth-order valence-corrected chi connectivity index (χ4v) is 13.8. The first-order chi connectivity index (χ1) is 45.3. The second-order valence-electron chi connectivity index (χ2n) is 29.3. The third-order valence-corrected chi connectivity index (χ3v) is 20.3. The molecule has 0 radical (unpaired) electrons. The van der Waals surface area contributed by atoms with Crippen LogP contribution in [-0.2, 0) is 14.3 Å². The summed E-state index contributed by atoms with van der Waals surface area (Å²) in [6.45, 7) is 3.90. The van der Waals surface area contributed by atoms with E-state index in [9.17, 15) is 30.3 Å². The summed E-state index contributed by atoms with van der Waals surface area (Å²) in [5.74, 6) is -0.133. The zero-order valence-electron chi connectivity index (χ0n) is 61.6. The molecule has 6 N–H and O–H groups in total. The smallest absolute Gasteiger partial charge is 0.220 e. The molecular formula is C83H161NO8. The van der Waals surface area contributed by atoms with Gasteiger partial charge in [-0.3, -0.25) is 4.79 Å². The first-order valence-corrected chi connectivity index (χ1v) is 41.5. The maximum Gasteiger partial charge on any atom is 0.220 e. The van der Waals surface area contributed by atoms with Crippen LogP contribution in [-0.4, -0.2) is 87.5 Å². The average molecular weight is 1300 g/mol. The van der Waals surface area contributed by atoms with Gasteiger partial charge in [-0.1, -0.05) is 417 Å². The number of hydrogen-bond donors (Lipinski definition) is 6. The fraction of sp³-hybridized carbons (Fsp3) is 0.940. The number of amides is 1. The third kappa shape index (κ3) is 59.9. The first-order valence-electron chi connectivity index (χ1n) is 41.5. The van der Waals surface area contributed by atoms with Gasteiger partial charge in [0.1, 0.15) is 24.4 Å². The summed E-state index contributed by atoms with van der Waals surface area (Å²) >= 11 is 0. The summed E-state index contributed by atoms with van der Waals surface area (Å²) in [7, 11) is 0. The van der Waals surface area contributed by atoms with Gasteiger partial charge in [0.05, 0.1) is 25.4 Å². The van der Waals surface area contributed by atoms with Crippen LogP contribution in [0.15, 0.2) is 24.3 Å². The number of aliphatic hydroxyl groups is 5. The molecule has 0 aromatic rings.